The number of rotatable bonds is 2. The number of carboxylic acid groups (broad SMARTS) is 1. The Morgan fingerprint density at radius 3 is 2.83 bits per heavy atom. The zero-order chi connectivity index (χ0) is 13.3. The summed E-state index contributed by atoms with van der Waals surface area (Å²) in [6.45, 7) is 1.87. The number of pyridine rings is 1. The molecule has 0 aromatic carbocycles. The Hall–Kier alpha value is -2.11. The average molecular weight is 250 g/mol. The molecule has 1 fully saturated rings. The van der Waals surface area contributed by atoms with Gasteiger partial charge < -0.3 is 15.0 Å². The Balaban J connectivity index is 2.38. The van der Waals surface area contributed by atoms with Crippen LogP contribution in [-0.2, 0) is 4.79 Å². The molecular weight excluding hydrogens is 236 g/mol. The van der Waals surface area contributed by atoms with Gasteiger partial charge in [-0.3, -0.25) is 9.59 Å². The van der Waals surface area contributed by atoms with Crippen molar-refractivity contribution in [2.45, 2.75) is 25.3 Å². The molecule has 0 aliphatic carbocycles. The molecule has 2 heterocycles. The van der Waals surface area contributed by atoms with Crippen molar-refractivity contribution in [1.82, 2.24) is 9.88 Å². The van der Waals surface area contributed by atoms with Gasteiger partial charge in [0.1, 0.15) is 11.1 Å². The van der Waals surface area contributed by atoms with Crippen molar-refractivity contribution >= 4 is 11.9 Å². The quantitative estimate of drug-likeness (QED) is 0.797. The van der Waals surface area contributed by atoms with Crippen molar-refractivity contribution in [3.8, 4) is 0 Å². The Morgan fingerprint density at radius 2 is 2.22 bits per heavy atom. The molecule has 1 aliphatic rings. The normalized spacial score (nSPS) is 23.1. The second-order valence-electron chi connectivity index (χ2n) is 4.56. The summed E-state index contributed by atoms with van der Waals surface area (Å²) in [5, 5.41) is 9.23. The zero-order valence-electron chi connectivity index (χ0n) is 9.97. The van der Waals surface area contributed by atoms with Gasteiger partial charge in [-0.15, -0.1) is 0 Å². The topological polar surface area (TPSA) is 90.5 Å². The third-order valence-electron chi connectivity index (χ3n) is 3.40. The molecule has 2 N–H and O–H groups in total. The number of amides is 1. The second kappa shape index (κ2) is 4.29. The summed E-state index contributed by atoms with van der Waals surface area (Å²) in [6.07, 6.45) is 3.77. The SMILES string of the molecule is CC1(C(=O)O)CCCN1C(=O)c1c[nH]ccc1=O. The fourth-order valence-corrected chi connectivity index (χ4v) is 2.24. The van der Waals surface area contributed by atoms with Crippen molar-refractivity contribution in [2.75, 3.05) is 6.54 Å². The summed E-state index contributed by atoms with van der Waals surface area (Å²) in [5.41, 5.74) is -1.65. The summed E-state index contributed by atoms with van der Waals surface area (Å²) < 4.78 is 0. The molecule has 1 amide bonds. The molecule has 18 heavy (non-hydrogen) atoms. The van der Waals surface area contributed by atoms with Gasteiger partial charge in [0.25, 0.3) is 5.91 Å². The number of aromatic nitrogens is 1. The molecule has 0 spiro atoms. The monoisotopic (exact) mass is 250 g/mol. The van der Waals surface area contributed by atoms with E-state index in [1.54, 1.807) is 0 Å². The first-order valence-corrected chi connectivity index (χ1v) is 5.69. The lowest BCUT2D eigenvalue weighted by atomic mass is 9.99. The van der Waals surface area contributed by atoms with E-state index in [9.17, 15) is 19.5 Å². The smallest absolute Gasteiger partial charge is 0.329 e. The van der Waals surface area contributed by atoms with Crippen LogP contribution in [0, 0.1) is 0 Å². The molecule has 2 rings (SSSR count). The van der Waals surface area contributed by atoms with Crippen LogP contribution in [0.2, 0.25) is 0 Å². The van der Waals surface area contributed by atoms with Gasteiger partial charge in [0.05, 0.1) is 0 Å². The molecule has 1 aromatic rings. The van der Waals surface area contributed by atoms with E-state index < -0.39 is 22.8 Å². The number of nitrogens with one attached hydrogen (secondary N) is 1. The van der Waals surface area contributed by atoms with Crippen molar-refractivity contribution in [2.24, 2.45) is 0 Å². The highest BCUT2D eigenvalue weighted by molar-refractivity contribution is 5.97. The molecule has 1 atom stereocenters. The summed E-state index contributed by atoms with van der Waals surface area (Å²) >= 11 is 0. The average Bonchev–Trinajstić information content (AvgIpc) is 2.72. The van der Waals surface area contributed by atoms with Gasteiger partial charge in [-0.2, -0.15) is 0 Å². The number of carboxylic acids is 1. The van der Waals surface area contributed by atoms with E-state index in [2.05, 4.69) is 4.98 Å². The Kier molecular flexibility index (Phi) is 2.94. The van der Waals surface area contributed by atoms with Crippen LogP contribution in [0.4, 0.5) is 0 Å². The zero-order valence-corrected chi connectivity index (χ0v) is 9.97. The summed E-state index contributed by atoms with van der Waals surface area (Å²) in [5.74, 6) is -1.57. The van der Waals surface area contributed by atoms with Crippen LogP contribution >= 0.6 is 0 Å². The number of aliphatic carboxylic acids is 1. The highest BCUT2D eigenvalue weighted by Gasteiger charge is 2.46. The number of nitrogens with zero attached hydrogens (tertiary/aromatic N) is 1. The Bertz CT molecular complexity index is 551. The predicted octanol–water partition coefficient (Wildman–Crippen LogP) is 0.454. The van der Waals surface area contributed by atoms with Gasteiger partial charge in [0.2, 0.25) is 0 Å². The van der Waals surface area contributed by atoms with Gasteiger partial charge in [-0.05, 0) is 19.8 Å². The second-order valence-corrected chi connectivity index (χ2v) is 4.56. The molecule has 0 radical (unpaired) electrons. The van der Waals surface area contributed by atoms with Crippen molar-refractivity contribution in [1.29, 1.82) is 0 Å². The molecular formula is C12H14N2O4. The minimum atomic E-state index is -1.22. The van der Waals surface area contributed by atoms with E-state index in [4.69, 9.17) is 0 Å². The summed E-state index contributed by atoms with van der Waals surface area (Å²) in [7, 11) is 0. The Labute approximate surface area is 103 Å². The molecule has 1 saturated heterocycles. The van der Waals surface area contributed by atoms with E-state index in [1.165, 1.54) is 30.3 Å². The van der Waals surface area contributed by atoms with Crippen molar-refractivity contribution in [3.63, 3.8) is 0 Å². The van der Waals surface area contributed by atoms with Crippen LogP contribution in [0.3, 0.4) is 0 Å². The molecule has 1 unspecified atom stereocenters. The number of likely N-dealkylation sites (tertiary alicyclic amines) is 1. The molecule has 1 aliphatic heterocycles. The molecule has 0 bridgehead atoms. The van der Waals surface area contributed by atoms with Crippen LogP contribution in [-0.4, -0.2) is 39.0 Å². The lowest BCUT2D eigenvalue weighted by Gasteiger charge is -2.30. The standard InChI is InChI=1S/C12H14N2O4/c1-12(11(17)18)4-2-6-14(12)10(16)8-7-13-5-3-9(8)15/h3,5,7H,2,4,6H2,1H3,(H,13,15)(H,17,18). The number of carbonyl (C=O) groups is 2. The van der Waals surface area contributed by atoms with E-state index in [-0.39, 0.29) is 5.56 Å². The highest BCUT2D eigenvalue weighted by atomic mass is 16.4. The van der Waals surface area contributed by atoms with Crippen LogP contribution in [0.1, 0.15) is 30.1 Å². The number of hydrogen-bond donors (Lipinski definition) is 2. The third-order valence-corrected chi connectivity index (χ3v) is 3.40. The maximum absolute atomic E-state index is 12.2. The number of H-pyrrole nitrogens is 1. The van der Waals surface area contributed by atoms with Gasteiger partial charge in [-0.1, -0.05) is 0 Å². The van der Waals surface area contributed by atoms with Gasteiger partial charge in [0.15, 0.2) is 5.43 Å². The first-order valence-electron chi connectivity index (χ1n) is 5.69. The lowest BCUT2D eigenvalue weighted by molar-refractivity contribution is -0.147. The van der Waals surface area contributed by atoms with E-state index in [0.717, 1.165) is 0 Å². The minimum Gasteiger partial charge on any atom is -0.480 e. The van der Waals surface area contributed by atoms with Crippen LogP contribution in [0.15, 0.2) is 23.3 Å². The molecule has 6 nitrogen and oxygen atoms in total. The molecule has 1 aromatic heterocycles. The van der Waals surface area contributed by atoms with E-state index in [1.807, 2.05) is 0 Å². The fourth-order valence-electron chi connectivity index (χ4n) is 2.24. The first-order chi connectivity index (χ1) is 8.47. The van der Waals surface area contributed by atoms with Crippen molar-refractivity contribution in [3.05, 3.63) is 34.2 Å². The molecule has 0 saturated carbocycles. The number of aromatic amines is 1. The molecule has 6 heteroatoms. The van der Waals surface area contributed by atoms with Crippen LogP contribution < -0.4 is 5.43 Å². The van der Waals surface area contributed by atoms with Gasteiger partial charge in [0, 0.05) is 25.0 Å². The van der Waals surface area contributed by atoms with Crippen molar-refractivity contribution < 1.29 is 14.7 Å². The Morgan fingerprint density at radius 1 is 1.50 bits per heavy atom. The fraction of sp³-hybridized carbons (Fsp3) is 0.417. The minimum absolute atomic E-state index is 0.0214. The lowest BCUT2D eigenvalue weighted by Crippen LogP contribution is -2.51. The number of carbonyl (C=O) groups excluding carboxylic acids is 1. The highest BCUT2D eigenvalue weighted by Crippen LogP contribution is 2.30. The molecule has 96 valence electrons. The van der Waals surface area contributed by atoms with Gasteiger partial charge in [-0.25, -0.2) is 4.79 Å². The maximum atomic E-state index is 12.2. The largest absolute Gasteiger partial charge is 0.480 e. The van der Waals surface area contributed by atoms with Crippen LogP contribution in [0.5, 0.6) is 0 Å². The van der Waals surface area contributed by atoms with E-state index >= 15 is 0 Å². The summed E-state index contributed by atoms with van der Waals surface area (Å²) in [6, 6.07) is 1.25. The summed E-state index contributed by atoms with van der Waals surface area (Å²) in [4.78, 5) is 39.0. The third kappa shape index (κ3) is 1.79. The van der Waals surface area contributed by atoms with E-state index in [0.29, 0.717) is 19.4 Å². The predicted molar refractivity (Wildman–Crippen MR) is 63.4 cm³/mol. The van der Waals surface area contributed by atoms with Gasteiger partial charge >= 0.3 is 5.97 Å². The maximum Gasteiger partial charge on any atom is 0.329 e. The first kappa shape index (κ1) is 12.3. The number of hydrogen-bond acceptors (Lipinski definition) is 3. The van der Waals surface area contributed by atoms with Crippen LogP contribution in [0.25, 0.3) is 0 Å².